The summed E-state index contributed by atoms with van der Waals surface area (Å²) < 4.78 is 39.4. The molecule has 25 heavy (non-hydrogen) atoms. The normalized spacial score (nSPS) is 21.7. The molecule has 1 amide bonds. The summed E-state index contributed by atoms with van der Waals surface area (Å²) >= 11 is 0. The molecule has 0 saturated carbocycles. The number of halogens is 3. The van der Waals surface area contributed by atoms with Crippen LogP contribution >= 0.6 is 0 Å². The zero-order chi connectivity index (χ0) is 18.2. The van der Waals surface area contributed by atoms with Crippen LogP contribution < -0.4 is 9.80 Å². The van der Waals surface area contributed by atoms with E-state index in [2.05, 4.69) is 0 Å². The second-order valence-corrected chi connectivity index (χ2v) is 6.49. The fourth-order valence-corrected chi connectivity index (χ4v) is 3.42. The van der Waals surface area contributed by atoms with Crippen molar-refractivity contribution in [2.24, 2.45) is 5.92 Å². The molecule has 0 spiro atoms. The van der Waals surface area contributed by atoms with Crippen LogP contribution in [0.1, 0.15) is 31.2 Å². The smallest absolute Gasteiger partial charge is 0.416 e. The van der Waals surface area contributed by atoms with Crippen molar-refractivity contribution in [3.8, 4) is 0 Å². The number of hydrogen-bond donors (Lipinski definition) is 1. The Morgan fingerprint density at radius 1 is 1.12 bits per heavy atom. The molecule has 0 unspecified atom stereocenters. The van der Waals surface area contributed by atoms with Crippen LogP contribution in [0.2, 0.25) is 0 Å². The first-order valence-electron chi connectivity index (χ1n) is 8.27. The van der Waals surface area contributed by atoms with E-state index in [0.29, 0.717) is 18.8 Å². The molecule has 2 fully saturated rings. The standard InChI is InChI=1S/C17H19F3N2O3/c18-17(19,20)12-4-5-13(21-6-2-1-3-7-21)14(9-12)22-10-11(16(24)25)8-15(22)23/h4-5,9,11H,1-3,6-8,10H2,(H,24,25)/t11-/m1/s1. The van der Waals surface area contributed by atoms with Gasteiger partial charge in [-0.15, -0.1) is 0 Å². The summed E-state index contributed by atoms with van der Waals surface area (Å²) in [5, 5.41) is 9.13. The number of nitrogens with zero attached hydrogens (tertiary/aromatic N) is 2. The Morgan fingerprint density at radius 3 is 2.36 bits per heavy atom. The zero-order valence-corrected chi connectivity index (χ0v) is 13.6. The molecule has 8 heteroatoms. The minimum Gasteiger partial charge on any atom is -0.481 e. The van der Waals surface area contributed by atoms with Crippen LogP contribution in [0.25, 0.3) is 0 Å². The minimum atomic E-state index is -4.52. The lowest BCUT2D eigenvalue weighted by molar-refractivity contribution is -0.141. The van der Waals surface area contributed by atoms with Gasteiger partial charge in [-0.25, -0.2) is 0 Å². The Morgan fingerprint density at radius 2 is 1.80 bits per heavy atom. The average Bonchev–Trinajstić information content (AvgIpc) is 2.96. The molecule has 3 rings (SSSR count). The van der Waals surface area contributed by atoms with Crippen molar-refractivity contribution in [2.45, 2.75) is 31.9 Å². The molecule has 2 aliphatic rings. The number of carbonyl (C=O) groups excluding carboxylic acids is 1. The zero-order valence-electron chi connectivity index (χ0n) is 13.6. The second-order valence-electron chi connectivity index (χ2n) is 6.49. The topological polar surface area (TPSA) is 60.9 Å². The van der Waals surface area contributed by atoms with Crippen LogP contribution in [0.5, 0.6) is 0 Å². The SMILES string of the molecule is O=C(O)[C@@H]1CC(=O)N(c2cc(C(F)(F)F)ccc2N2CCCCC2)C1. The van der Waals surface area contributed by atoms with E-state index in [1.165, 1.54) is 11.0 Å². The van der Waals surface area contributed by atoms with Gasteiger partial charge in [0, 0.05) is 26.1 Å². The van der Waals surface area contributed by atoms with E-state index >= 15 is 0 Å². The van der Waals surface area contributed by atoms with E-state index in [4.69, 9.17) is 5.11 Å². The highest BCUT2D eigenvalue weighted by atomic mass is 19.4. The maximum Gasteiger partial charge on any atom is 0.416 e. The summed E-state index contributed by atoms with van der Waals surface area (Å²) in [6.07, 6.45) is -1.77. The van der Waals surface area contributed by atoms with Gasteiger partial charge in [-0.05, 0) is 37.5 Å². The van der Waals surface area contributed by atoms with Crippen molar-refractivity contribution in [2.75, 3.05) is 29.4 Å². The Kier molecular flexibility index (Phi) is 4.62. The van der Waals surface area contributed by atoms with E-state index in [0.717, 1.165) is 31.4 Å². The van der Waals surface area contributed by atoms with Gasteiger partial charge in [0.1, 0.15) is 0 Å². The molecule has 0 radical (unpaired) electrons. The maximum absolute atomic E-state index is 13.1. The van der Waals surface area contributed by atoms with Gasteiger partial charge in [-0.2, -0.15) is 13.2 Å². The molecular formula is C17H19F3N2O3. The minimum absolute atomic E-state index is 0.101. The predicted octanol–water partition coefficient (Wildman–Crippen LogP) is 3.13. The summed E-state index contributed by atoms with van der Waals surface area (Å²) in [6.45, 7) is 1.32. The molecule has 0 aromatic heterocycles. The Bertz CT molecular complexity index is 684. The molecule has 136 valence electrons. The highest BCUT2D eigenvalue weighted by Gasteiger charge is 2.38. The third kappa shape index (κ3) is 3.57. The summed E-state index contributed by atoms with van der Waals surface area (Å²) in [4.78, 5) is 26.6. The lowest BCUT2D eigenvalue weighted by Gasteiger charge is -2.33. The highest BCUT2D eigenvalue weighted by molar-refractivity contribution is 6.01. The van der Waals surface area contributed by atoms with Gasteiger partial charge in [0.05, 0.1) is 22.9 Å². The number of carbonyl (C=O) groups is 2. The fourth-order valence-electron chi connectivity index (χ4n) is 3.42. The number of hydrogen-bond acceptors (Lipinski definition) is 3. The molecule has 2 saturated heterocycles. The lowest BCUT2D eigenvalue weighted by atomic mass is 10.1. The molecular weight excluding hydrogens is 337 g/mol. The number of carboxylic acids is 1. The monoisotopic (exact) mass is 356 g/mol. The van der Waals surface area contributed by atoms with Crippen molar-refractivity contribution in [1.82, 2.24) is 0 Å². The van der Waals surface area contributed by atoms with Gasteiger partial charge < -0.3 is 14.9 Å². The Balaban J connectivity index is 2.01. The number of anilines is 2. The quantitative estimate of drug-likeness (QED) is 0.904. The van der Waals surface area contributed by atoms with E-state index in [1.54, 1.807) is 0 Å². The fraction of sp³-hybridized carbons (Fsp3) is 0.529. The summed E-state index contributed by atoms with van der Waals surface area (Å²) in [7, 11) is 0. The largest absolute Gasteiger partial charge is 0.481 e. The highest BCUT2D eigenvalue weighted by Crippen LogP contribution is 2.40. The number of carboxylic acid groups (broad SMARTS) is 1. The molecule has 0 bridgehead atoms. The predicted molar refractivity (Wildman–Crippen MR) is 85.6 cm³/mol. The molecule has 2 aliphatic heterocycles. The van der Waals surface area contributed by atoms with Crippen molar-refractivity contribution in [3.05, 3.63) is 23.8 Å². The van der Waals surface area contributed by atoms with E-state index in [9.17, 15) is 22.8 Å². The number of alkyl halides is 3. The van der Waals surface area contributed by atoms with Gasteiger partial charge in [0.2, 0.25) is 5.91 Å². The first-order valence-corrected chi connectivity index (χ1v) is 8.27. The molecule has 5 nitrogen and oxygen atoms in total. The van der Waals surface area contributed by atoms with Crippen LogP contribution in [0, 0.1) is 5.92 Å². The summed E-state index contributed by atoms with van der Waals surface area (Å²) in [5.74, 6) is -2.46. The number of rotatable bonds is 3. The van der Waals surface area contributed by atoms with Gasteiger partial charge in [0.15, 0.2) is 0 Å². The van der Waals surface area contributed by atoms with E-state index < -0.39 is 29.5 Å². The van der Waals surface area contributed by atoms with Crippen molar-refractivity contribution < 1.29 is 27.9 Å². The van der Waals surface area contributed by atoms with Crippen molar-refractivity contribution >= 4 is 23.3 Å². The molecule has 1 aromatic carbocycles. The van der Waals surface area contributed by atoms with Crippen LogP contribution in [0.4, 0.5) is 24.5 Å². The number of benzene rings is 1. The third-order valence-electron chi connectivity index (χ3n) is 4.76. The van der Waals surface area contributed by atoms with Gasteiger partial charge in [-0.1, -0.05) is 0 Å². The van der Waals surface area contributed by atoms with Crippen LogP contribution in [0.3, 0.4) is 0 Å². The van der Waals surface area contributed by atoms with Crippen LogP contribution in [0.15, 0.2) is 18.2 Å². The number of piperidine rings is 1. The first kappa shape index (κ1) is 17.6. The molecule has 0 aliphatic carbocycles. The van der Waals surface area contributed by atoms with Gasteiger partial charge in [0.25, 0.3) is 0 Å². The molecule has 1 aromatic rings. The van der Waals surface area contributed by atoms with E-state index in [1.807, 2.05) is 4.90 Å². The third-order valence-corrected chi connectivity index (χ3v) is 4.76. The summed E-state index contributed by atoms with van der Waals surface area (Å²) in [5.41, 5.74) is -0.118. The van der Waals surface area contributed by atoms with Crippen LogP contribution in [-0.4, -0.2) is 36.6 Å². The Labute approximate surface area is 143 Å². The number of amides is 1. The average molecular weight is 356 g/mol. The van der Waals surface area contributed by atoms with Gasteiger partial charge >= 0.3 is 12.1 Å². The molecule has 2 heterocycles. The van der Waals surface area contributed by atoms with Gasteiger partial charge in [-0.3, -0.25) is 9.59 Å². The second kappa shape index (κ2) is 6.57. The summed E-state index contributed by atoms with van der Waals surface area (Å²) in [6, 6.07) is 3.37. The first-order chi connectivity index (χ1) is 11.8. The molecule has 1 N–H and O–H groups in total. The number of aliphatic carboxylic acids is 1. The van der Waals surface area contributed by atoms with E-state index in [-0.39, 0.29) is 18.7 Å². The molecule has 1 atom stereocenters. The maximum atomic E-state index is 13.1. The van der Waals surface area contributed by atoms with Crippen molar-refractivity contribution in [1.29, 1.82) is 0 Å². The van der Waals surface area contributed by atoms with Crippen molar-refractivity contribution in [3.63, 3.8) is 0 Å². The lowest BCUT2D eigenvalue weighted by Crippen LogP contribution is -2.33. The van der Waals surface area contributed by atoms with Crippen LogP contribution in [-0.2, 0) is 15.8 Å². The Hall–Kier alpha value is -2.25.